The number of benzene rings is 9. The number of hydrogen-bond acceptors (Lipinski definition) is 3. The Morgan fingerprint density at radius 2 is 0.912 bits per heavy atom. The quantitative estimate of drug-likeness (QED) is 0.0981. The van der Waals surface area contributed by atoms with E-state index in [9.17, 15) is 0 Å². The molecule has 0 unspecified atom stereocenters. The number of pyridine rings is 2. The van der Waals surface area contributed by atoms with E-state index in [-0.39, 0.29) is 20.4 Å². The summed E-state index contributed by atoms with van der Waals surface area (Å²) in [6.45, 7) is 0. The van der Waals surface area contributed by atoms with E-state index < -0.39 is 0 Å². The molecule has 0 amide bonds. The topological polar surface area (TPSA) is 54.2 Å². The van der Waals surface area contributed by atoms with Crippen molar-refractivity contribution in [2.45, 2.75) is 0 Å². The van der Waals surface area contributed by atoms with Crippen LogP contribution in [0.2, 0.25) is 0 Å². The summed E-state index contributed by atoms with van der Waals surface area (Å²) in [7, 11) is 0. The van der Waals surface area contributed by atoms with Crippen molar-refractivity contribution < 1.29 is 25.2 Å². The third-order valence-electron chi connectivity index (χ3n) is 13.6. The van der Waals surface area contributed by atoms with Gasteiger partial charge in [-0.05, 0) is 77.5 Å². The van der Waals surface area contributed by atoms with E-state index in [1.54, 1.807) is 0 Å². The molecule has 68 heavy (non-hydrogen) atoms. The molecule has 0 N–H and O–H groups in total. The third kappa shape index (κ3) is 5.33. The van der Waals surface area contributed by atoms with Gasteiger partial charge in [-0.1, -0.05) is 132 Å². The zero-order valence-electron chi connectivity index (χ0n) is 36.0. The number of ether oxygens (including phenoxy) is 1. The van der Waals surface area contributed by atoms with E-state index in [2.05, 4.69) is 200 Å². The van der Waals surface area contributed by atoms with E-state index in [1.807, 2.05) is 36.5 Å². The first-order valence-corrected chi connectivity index (χ1v) is 22.5. The predicted molar refractivity (Wildman–Crippen MR) is 273 cm³/mol. The molecule has 8 heteroatoms. The minimum Gasteiger partial charge on any atom is -0.503 e. The molecule has 0 fully saturated rings. The number of rotatable bonds is 5. The zero-order chi connectivity index (χ0) is 43.7. The van der Waals surface area contributed by atoms with Crippen LogP contribution in [0.5, 0.6) is 11.5 Å². The van der Waals surface area contributed by atoms with Gasteiger partial charge in [0, 0.05) is 61.6 Å². The largest absolute Gasteiger partial charge is 2.00 e. The van der Waals surface area contributed by atoms with Crippen LogP contribution in [0, 0.1) is 12.1 Å². The molecule has 15 rings (SSSR count). The Morgan fingerprint density at radius 1 is 0.397 bits per heavy atom. The third-order valence-corrected chi connectivity index (χ3v) is 13.6. The van der Waals surface area contributed by atoms with Gasteiger partial charge in [0.1, 0.15) is 5.82 Å². The van der Waals surface area contributed by atoms with Crippen molar-refractivity contribution in [2.24, 2.45) is 0 Å². The summed E-state index contributed by atoms with van der Waals surface area (Å²) < 4.78 is 16.3. The van der Waals surface area contributed by atoms with Gasteiger partial charge in [0.05, 0.1) is 38.7 Å². The van der Waals surface area contributed by atoms with Gasteiger partial charge in [-0.15, -0.1) is 29.7 Å². The average molecular weight is 961 g/mol. The SMILES string of the molecule is [Pd+2].[c-]1c(Oc2[c-]c3c(cc2)c2ccccc2n3-c2ccccn2)ccc2c1c1nc3ccccc3n1c1c2c2c(c3ccccc3n2-c2ccccc2)c2c1c1ccccc1n2-c1ccccc1. The molecule has 0 aliphatic carbocycles. The van der Waals surface area contributed by atoms with Crippen molar-refractivity contribution in [2.75, 3.05) is 0 Å². The fraction of sp³-hybridized carbons (Fsp3) is 0. The summed E-state index contributed by atoms with van der Waals surface area (Å²) in [5.41, 5.74) is 12.5. The summed E-state index contributed by atoms with van der Waals surface area (Å²) in [6.07, 6.45) is 1.82. The van der Waals surface area contributed by atoms with Gasteiger partial charge in [-0.3, -0.25) is 4.98 Å². The van der Waals surface area contributed by atoms with E-state index in [1.165, 1.54) is 21.5 Å². The molecule has 6 heterocycles. The smallest absolute Gasteiger partial charge is 0.503 e. The second kappa shape index (κ2) is 14.7. The van der Waals surface area contributed by atoms with E-state index in [0.717, 1.165) is 99.4 Å². The standard InChI is InChI=1S/C60H34N6O.Pd/c1-3-17-37(18-4-1)63-49-26-12-8-22-44(49)55-57(63)54-43-33-31-39(67-40-30-32-42-41-21-7-11-25-48(41)65(52(42)36-40)53-29-15-16-34-61-53)35-46(43)60-62-47-24-10-14-28-51(47)66(60)59(54)56-45-23-9-13-27-50(45)64(58(55)56)38-19-5-2-6-20-38;/h1-34H;/q-2;+2. The Morgan fingerprint density at radius 3 is 1.56 bits per heavy atom. The van der Waals surface area contributed by atoms with Gasteiger partial charge >= 0.3 is 20.4 Å². The minimum atomic E-state index is 0. The molecule has 0 saturated carbocycles. The molecule has 0 atom stereocenters. The number of hydrogen-bond donors (Lipinski definition) is 0. The van der Waals surface area contributed by atoms with Crippen LogP contribution in [0.25, 0.3) is 121 Å². The molecule has 0 saturated heterocycles. The van der Waals surface area contributed by atoms with Crippen molar-refractivity contribution in [3.05, 3.63) is 219 Å². The minimum absolute atomic E-state index is 0. The predicted octanol–water partition coefficient (Wildman–Crippen LogP) is 14.9. The first kappa shape index (κ1) is 38.7. The van der Waals surface area contributed by atoms with Crippen molar-refractivity contribution in [3.63, 3.8) is 0 Å². The van der Waals surface area contributed by atoms with Crippen molar-refractivity contribution in [1.29, 1.82) is 0 Å². The number of nitrogens with zero attached hydrogens (tertiary/aromatic N) is 6. The molecule has 0 aliphatic heterocycles. The fourth-order valence-electron chi connectivity index (χ4n) is 11.0. The van der Waals surface area contributed by atoms with Crippen LogP contribution < -0.4 is 4.74 Å². The first-order valence-electron chi connectivity index (χ1n) is 22.5. The Balaban J connectivity index is 0.00000437. The fourth-order valence-corrected chi connectivity index (χ4v) is 11.0. The van der Waals surface area contributed by atoms with Crippen LogP contribution in [0.3, 0.4) is 0 Å². The molecule has 0 bridgehead atoms. The number of para-hydroxylation sites is 7. The van der Waals surface area contributed by atoms with Crippen LogP contribution >= 0.6 is 0 Å². The maximum absolute atomic E-state index is 6.83. The molecule has 6 aromatic heterocycles. The Bertz CT molecular complexity index is 4530. The van der Waals surface area contributed by atoms with Crippen LogP contribution in [-0.2, 0) is 20.4 Å². The Kier molecular flexibility index (Phi) is 8.39. The number of aromatic nitrogens is 6. The van der Waals surface area contributed by atoms with Gasteiger partial charge in [-0.2, -0.15) is 6.07 Å². The molecule has 15 aromatic rings. The summed E-state index contributed by atoms with van der Waals surface area (Å²) in [6, 6.07) is 77.8. The molecule has 7 nitrogen and oxygen atoms in total. The van der Waals surface area contributed by atoms with Gasteiger partial charge in [0.15, 0.2) is 0 Å². The van der Waals surface area contributed by atoms with Gasteiger partial charge in [0.2, 0.25) is 0 Å². The van der Waals surface area contributed by atoms with Crippen LogP contribution in [-0.4, -0.2) is 28.1 Å². The average Bonchev–Trinajstić information content (AvgIpc) is 4.14. The van der Waals surface area contributed by atoms with Crippen LogP contribution in [0.1, 0.15) is 0 Å². The Labute approximate surface area is 402 Å². The summed E-state index contributed by atoms with van der Waals surface area (Å²) in [4.78, 5) is 10.2. The van der Waals surface area contributed by atoms with Gasteiger partial charge in [-0.25, -0.2) is 4.98 Å². The molecular formula is C60H34N6OPd. The normalized spacial score (nSPS) is 12.0. The zero-order valence-corrected chi connectivity index (χ0v) is 37.6. The molecule has 320 valence electrons. The van der Waals surface area contributed by atoms with Gasteiger partial charge < -0.3 is 22.8 Å². The summed E-state index contributed by atoms with van der Waals surface area (Å²) >= 11 is 0. The Hall–Kier alpha value is -8.54. The maximum Gasteiger partial charge on any atom is 2.00 e. The molecular weight excluding hydrogens is 927 g/mol. The van der Waals surface area contributed by atoms with Crippen LogP contribution in [0.15, 0.2) is 206 Å². The van der Waals surface area contributed by atoms with Crippen molar-refractivity contribution >= 4 is 104 Å². The molecule has 0 radical (unpaired) electrons. The summed E-state index contributed by atoms with van der Waals surface area (Å²) in [5.74, 6) is 1.97. The van der Waals surface area contributed by atoms with Gasteiger partial charge in [0.25, 0.3) is 0 Å². The number of imidazole rings is 1. The second-order valence-electron chi connectivity index (χ2n) is 17.1. The molecule has 0 aliphatic rings. The second-order valence-corrected chi connectivity index (χ2v) is 17.1. The maximum atomic E-state index is 6.83. The monoisotopic (exact) mass is 960 g/mol. The molecule has 0 spiro atoms. The van der Waals surface area contributed by atoms with E-state index >= 15 is 0 Å². The van der Waals surface area contributed by atoms with Crippen molar-refractivity contribution in [3.8, 4) is 28.7 Å². The van der Waals surface area contributed by atoms with E-state index in [0.29, 0.717) is 11.5 Å². The van der Waals surface area contributed by atoms with Crippen molar-refractivity contribution in [1.82, 2.24) is 28.1 Å². The molecule has 9 aromatic carbocycles. The summed E-state index contributed by atoms with van der Waals surface area (Å²) in [5, 5.41) is 9.90. The number of fused-ring (bicyclic) bond motifs is 20. The van der Waals surface area contributed by atoms with E-state index in [4.69, 9.17) is 14.7 Å². The first-order chi connectivity index (χ1) is 33.3. The van der Waals surface area contributed by atoms with Crippen LogP contribution in [0.4, 0.5) is 0 Å².